The Labute approximate surface area is 128 Å². The lowest BCUT2D eigenvalue weighted by molar-refractivity contribution is -0.122. The lowest BCUT2D eigenvalue weighted by Crippen LogP contribution is -2.36. The summed E-state index contributed by atoms with van der Waals surface area (Å²) in [5.74, 6) is 0.0702. The summed E-state index contributed by atoms with van der Waals surface area (Å²) in [6.07, 6.45) is 3.80. The molecule has 0 saturated heterocycles. The minimum atomic E-state index is 0. The summed E-state index contributed by atoms with van der Waals surface area (Å²) >= 11 is 0. The van der Waals surface area contributed by atoms with Crippen molar-refractivity contribution >= 4 is 18.3 Å². The minimum absolute atomic E-state index is 0. The SMILES string of the molecule is CN(C)CCCCCC(=O)NNCc1ccccc1.Cl. The maximum Gasteiger partial charge on any atom is 0.234 e. The second-order valence-corrected chi connectivity index (χ2v) is 5.00. The van der Waals surface area contributed by atoms with E-state index in [1.807, 2.05) is 30.3 Å². The quantitative estimate of drug-likeness (QED) is 0.543. The smallest absolute Gasteiger partial charge is 0.234 e. The van der Waals surface area contributed by atoms with Gasteiger partial charge in [-0.3, -0.25) is 10.2 Å². The van der Waals surface area contributed by atoms with Gasteiger partial charge in [-0.1, -0.05) is 36.8 Å². The van der Waals surface area contributed by atoms with Crippen LogP contribution in [0.5, 0.6) is 0 Å². The molecular weight excluding hydrogens is 274 g/mol. The van der Waals surface area contributed by atoms with Crippen LogP contribution < -0.4 is 10.9 Å². The van der Waals surface area contributed by atoms with Crippen molar-refractivity contribution in [3.8, 4) is 0 Å². The summed E-state index contributed by atoms with van der Waals surface area (Å²) in [5, 5.41) is 0. The third kappa shape index (κ3) is 9.78. The Morgan fingerprint density at radius 1 is 1.10 bits per heavy atom. The van der Waals surface area contributed by atoms with E-state index in [4.69, 9.17) is 0 Å². The van der Waals surface area contributed by atoms with E-state index in [9.17, 15) is 4.79 Å². The molecule has 0 aromatic heterocycles. The Bertz CT molecular complexity index is 357. The van der Waals surface area contributed by atoms with Crippen molar-refractivity contribution in [2.75, 3.05) is 20.6 Å². The van der Waals surface area contributed by atoms with Gasteiger partial charge in [-0.2, -0.15) is 0 Å². The number of carbonyl (C=O) groups excluding carboxylic acids is 1. The van der Waals surface area contributed by atoms with Crippen molar-refractivity contribution in [3.05, 3.63) is 35.9 Å². The molecule has 0 saturated carbocycles. The first-order valence-electron chi connectivity index (χ1n) is 6.89. The highest BCUT2D eigenvalue weighted by Crippen LogP contribution is 2.00. The fourth-order valence-electron chi connectivity index (χ4n) is 1.79. The number of halogens is 1. The van der Waals surface area contributed by atoms with Gasteiger partial charge < -0.3 is 4.90 Å². The van der Waals surface area contributed by atoms with Gasteiger partial charge in [-0.15, -0.1) is 12.4 Å². The Balaban J connectivity index is 0.00000361. The number of hydrazine groups is 1. The first-order valence-corrected chi connectivity index (χ1v) is 6.89. The van der Waals surface area contributed by atoms with Crippen LogP contribution in [0.2, 0.25) is 0 Å². The average Bonchev–Trinajstić information content (AvgIpc) is 2.39. The van der Waals surface area contributed by atoms with Crippen molar-refractivity contribution < 1.29 is 4.79 Å². The zero-order valence-corrected chi connectivity index (χ0v) is 13.2. The molecule has 0 aliphatic rings. The molecule has 0 atom stereocenters. The van der Waals surface area contributed by atoms with E-state index in [1.165, 1.54) is 0 Å². The number of hydrogen-bond acceptors (Lipinski definition) is 3. The number of rotatable bonds is 9. The van der Waals surface area contributed by atoms with Crippen LogP contribution in [0.15, 0.2) is 30.3 Å². The molecule has 1 rings (SSSR count). The zero-order chi connectivity index (χ0) is 13.9. The molecule has 0 aliphatic heterocycles. The largest absolute Gasteiger partial charge is 0.309 e. The first kappa shape index (κ1) is 18.9. The summed E-state index contributed by atoms with van der Waals surface area (Å²) in [6, 6.07) is 10.0. The summed E-state index contributed by atoms with van der Waals surface area (Å²) < 4.78 is 0. The third-order valence-electron chi connectivity index (χ3n) is 2.87. The van der Waals surface area contributed by atoms with E-state index < -0.39 is 0 Å². The van der Waals surface area contributed by atoms with Gasteiger partial charge in [0.25, 0.3) is 0 Å². The molecule has 0 bridgehead atoms. The number of amides is 1. The molecule has 0 radical (unpaired) electrons. The fourth-order valence-corrected chi connectivity index (χ4v) is 1.79. The van der Waals surface area contributed by atoms with Crippen LogP contribution in [0, 0.1) is 0 Å². The maximum absolute atomic E-state index is 11.5. The summed E-state index contributed by atoms with van der Waals surface area (Å²) in [6.45, 7) is 1.75. The lowest BCUT2D eigenvalue weighted by atomic mass is 10.2. The number of unbranched alkanes of at least 4 members (excludes halogenated alkanes) is 2. The van der Waals surface area contributed by atoms with Crippen LogP contribution in [-0.2, 0) is 11.3 Å². The molecule has 0 fully saturated rings. The van der Waals surface area contributed by atoms with Gasteiger partial charge in [0.1, 0.15) is 0 Å². The number of nitrogens with zero attached hydrogens (tertiary/aromatic N) is 1. The standard InChI is InChI=1S/C15H25N3O.ClH/c1-18(2)12-8-4-7-11-15(19)17-16-13-14-9-5-3-6-10-14;/h3,5-6,9-10,16H,4,7-8,11-13H2,1-2H3,(H,17,19);1H. The van der Waals surface area contributed by atoms with Crippen molar-refractivity contribution in [2.24, 2.45) is 0 Å². The second-order valence-electron chi connectivity index (χ2n) is 5.00. The highest BCUT2D eigenvalue weighted by molar-refractivity contribution is 5.85. The molecule has 0 heterocycles. The molecular formula is C15H26ClN3O. The average molecular weight is 300 g/mol. The Kier molecular flexibility index (Phi) is 11.1. The molecule has 20 heavy (non-hydrogen) atoms. The molecule has 4 nitrogen and oxygen atoms in total. The minimum Gasteiger partial charge on any atom is -0.309 e. The molecule has 0 unspecified atom stereocenters. The Morgan fingerprint density at radius 2 is 1.80 bits per heavy atom. The zero-order valence-electron chi connectivity index (χ0n) is 12.4. The molecule has 0 aliphatic carbocycles. The van der Waals surface area contributed by atoms with Crippen LogP contribution in [-0.4, -0.2) is 31.4 Å². The maximum atomic E-state index is 11.5. The van der Waals surface area contributed by atoms with Crippen LogP contribution >= 0.6 is 12.4 Å². The number of hydrogen-bond donors (Lipinski definition) is 2. The molecule has 0 spiro atoms. The van der Waals surface area contributed by atoms with E-state index in [0.29, 0.717) is 13.0 Å². The van der Waals surface area contributed by atoms with Gasteiger partial charge in [-0.25, -0.2) is 5.43 Å². The van der Waals surface area contributed by atoms with E-state index >= 15 is 0 Å². The number of carbonyl (C=O) groups is 1. The highest BCUT2D eigenvalue weighted by Gasteiger charge is 2.00. The number of benzene rings is 1. The van der Waals surface area contributed by atoms with Crippen LogP contribution in [0.1, 0.15) is 31.2 Å². The molecule has 5 heteroatoms. The summed E-state index contributed by atoms with van der Waals surface area (Å²) in [5.41, 5.74) is 6.85. The van der Waals surface area contributed by atoms with Gasteiger partial charge in [0, 0.05) is 13.0 Å². The van der Waals surface area contributed by atoms with Crippen LogP contribution in [0.3, 0.4) is 0 Å². The predicted molar refractivity (Wildman–Crippen MR) is 85.7 cm³/mol. The van der Waals surface area contributed by atoms with E-state index in [0.717, 1.165) is 31.4 Å². The van der Waals surface area contributed by atoms with Crippen LogP contribution in [0.25, 0.3) is 0 Å². The first-order chi connectivity index (χ1) is 9.18. The van der Waals surface area contributed by atoms with Gasteiger partial charge in [-0.05, 0) is 39.0 Å². The van der Waals surface area contributed by atoms with Crippen molar-refractivity contribution in [3.63, 3.8) is 0 Å². The Morgan fingerprint density at radius 3 is 2.45 bits per heavy atom. The van der Waals surface area contributed by atoms with Crippen molar-refractivity contribution in [1.82, 2.24) is 15.8 Å². The van der Waals surface area contributed by atoms with Crippen LogP contribution in [0.4, 0.5) is 0 Å². The third-order valence-corrected chi connectivity index (χ3v) is 2.87. The normalized spacial score (nSPS) is 10.2. The predicted octanol–water partition coefficient (Wildman–Crippen LogP) is 2.35. The highest BCUT2D eigenvalue weighted by atomic mass is 35.5. The van der Waals surface area contributed by atoms with Gasteiger partial charge in [0.15, 0.2) is 0 Å². The summed E-state index contributed by atoms with van der Waals surface area (Å²) in [4.78, 5) is 13.7. The van der Waals surface area contributed by atoms with Crippen molar-refractivity contribution in [1.29, 1.82) is 0 Å². The van der Waals surface area contributed by atoms with E-state index in [2.05, 4.69) is 29.8 Å². The van der Waals surface area contributed by atoms with Gasteiger partial charge in [0.2, 0.25) is 5.91 Å². The molecule has 1 aromatic carbocycles. The molecule has 1 amide bonds. The van der Waals surface area contributed by atoms with Crippen molar-refractivity contribution in [2.45, 2.75) is 32.2 Å². The number of nitrogens with one attached hydrogen (secondary N) is 2. The topological polar surface area (TPSA) is 44.4 Å². The Hall–Kier alpha value is -1.10. The van der Waals surface area contributed by atoms with E-state index in [1.54, 1.807) is 0 Å². The fraction of sp³-hybridized carbons (Fsp3) is 0.533. The lowest BCUT2D eigenvalue weighted by Gasteiger charge is -2.09. The van der Waals surface area contributed by atoms with Gasteiger partial charge >= 0.3 is 0 Å². The molecule has 2 N–H and O–H groups in total. The summed E-state index contributed by atoms with van der Waals surface area (Å²) in [7, 11) is 4.14. The van der Waals surface area contributed by atoms with E-state index in [-0.39, 0.29) is 18.3 Å². The molecule has 114 valence electrons. The monoisotopic (exact) mass is 299 g/mol. The molecule has 1 aromatic rings. The van der Waals surface area contributed by atoms with Gasteiger partial charge in [0.05, 0.1) is 0 Å². The second kappa shape index (κ2) is 11.7.